The first-order valence-corrected chi connectivity index (χ1v) is 8.72. The van der Waals surface area contributed by atoms with Crippen LogP contribution < -0.4 is 10.6 Å². The van der Waals surface area contributed by atoms with Gasteiger partial charge in [-0.25, -0.2) is 9.98 Å². The van der Waals surface area contributed by atoms with E-state index in [0.717, 1.165) is 29.1 Å². The second-order valence-corrected chi connectivity index (χ2v) is 5.97. The summed E-state index contributed by atoms with van der Waals surface area (Å²) in [5.41, 5.74) is -0.841. The first-order chi connectivity index (χ1) is 11.9. The fraction of sp³-hybridized carbons (Fsp3) is 0.571. The summed E-state index contributed by atoms with van der Waals surface area (Å²) in [5, 5.41) is 15.5. The summed E-state index contributed by atoms with van der Waals surface area (Å²) in [6.07, 6.45) is -2.37. The summed E-state index contributed by atoms with van der Waals surface area (Å²) in [5.74, 6) is 1.31. The van der Waals surface area contributed by atoms with Crippen LogP contribution in [0.15, 0.2) is 16.7 Å². The largest absolute Gasteiger partial charge is 0.434 e. The van der Waals surface area contributed by atoms with E-state index in [1.54, 1.807) is 6.33 Å². The summed E-state index contributed by atoms with van der Waals surface area (Å²) < 4.78 is 39.5. The maximum Gasteiger partial charge on any atom is 0.434 e. The van der Waals surface area contributed by atoms with Gasteiger partial charge in [0.25, 0.3) is 0 Å². The van der Waals surface area contributed by atoms with Crippen molar-refractivity contribution >= 4 is 17.3 Å². The van der Waals surface area contributed by atoms with E-state index in [0.29, 0.717) is 37.0 Å². The van der Waals surface area contributed by atoms with Crippen LogP contribution in [0.4, 0.5) is 13.2 Å². The molecule has 0 atom stereocenters. The Hall–Kier alpha value is -2.17. The van der Waals surface area contributed by atoms with Gasteiger partial charge in [0.1, 0.15) is 12.9 Å². The SMILES string of the molecule is CCNC(=NCc1nncn1CC)NCCc1nc(C(F)(F)F)cs1. The van der Waals surface area contributed by atoms with Gasteiger partial charge in [-0.2, -0.15) is 13.2 Å². The third-order valence-corrected chi connectivity index (χ3v) is 4.14. The normalized spacial score (nSPS) is 12.4. The Balaban J connectivity index is 1.89. The van der Waals surface area contributed by atoms with Gasteiger partial charge in [0, 0.05) is 31.4 Å². The zero-order valence-electron chi connectivity index (χ0n) is 14.0. The van der Waals surface area contributed by atoms with Crippen molar-refractivity contribution in [1.82, 2.24) is 30.4 Å². The summed E-state index contributed by atoms with van der Waals surface area (Å²) >= 11 is 1.00. The molecule has 0 amide bonds. The number of alkyl halides is 3. The number of rotatable bonds is 7. The zero-order chi connectivity index (χ0) is 18.3. The standard InChI is InChI=1S/C14H20F3N7S/c1-3-18-13(20-7-11-23-21-9-24(11)4-2)19-6-5-12-22-10(8-25-12)14(15,16)17/h8-9H,3-7H2,1-2H3,(H2,18,19,20). The molecule has 2 rings (SSSR count). The molecule has 2 N–H and O–H groups in total. The van der Waals surface area contributed by atoms with Crippen LogP contribution in [0.3, 0.4) is 0 Å². The number of aromatic nitrogens is 4. The van der Waals surface area contributed by atoms with Gasteiger partial charge in [0.05, 0.1) is 5.01 Å². The van der Waals surface area contributed by atoms with Crippen LogP contribution in [0.2, 0.25) is 0 Å². The Kier molecular flexibility index (Phi) is 6.73. The Morgan fingerprint density at radius 3 is 2.76 bits per heavy atom. The minimum atomic E-state index is -4.40. The third kappa shape index (κ3) is 5.69. The summed E-state index contributed by atoms with van der Waals surface area (Å²) in [7, 11) is 0. The first-order valence-electron chi connectivity index (χ1n) is 7.84. The number of halogens is 3. The summed E-state index contributed by atoms with van der Waals surface area (Å²) in [6, 6.07) is 0. The van der Waals surface area contributed by atoms with E-state index in [1.807, 2.05) is 18.4 Å². The molecule has 2 heterocycles. The molecule has 0 aliphatic carbocycles. The Morgan fingerprint density at radius 2 is 2.12 bits per heavy atom. The van der Waals surface area contributed by atoms with Crippen LogP contribution >= 0.6 is 11.3 Å². The van der Waals surface area contributed by atoms with Gasteiger partial charge in [-0.05, 0) is 13.8 Å². The smallest absolute Gasteiger partial charge is 0.357 e. The van der Waals surface area contributed by atoms with Crippen LogP contribution in [0.5, 0.6) is 0 Å². The Bertz CT molecular complexity index is 693. The number of nitrogens with one attached hydrogen (secondary N) is 2. The molecule has 0 aliphatic rings. The lowest BCUT2D eigenvalue weighted by atomic mass is 10.4. The molecule has 2 aromatic rings. The number of hydrogen-bond donors (Lipinski definition) is 2. The highest BCUT2D eigenvalue weighted by Gasteiger charge is 2.33. The van der Waals surface area contributed by atoms with Crippen molar-refractivity contribution in [3.8, 4) is 0 Å². The van der Waals surface area contributed by atoms with E-state index in [9.17, 15) is 13.2 Å². The predicted molar refractivity (Wildman–Crippen MR) is 89.3 cm³/mol. The van der Waals surface area contributed by atoms with E-state index >= 15 is 0 Å². The monoisotopic (exact) mass is 375 g/mol. The topological polar surface area (TPSA) is 80.0 Å². The van der Waals surface area contributed by atoms with Crippen LogP contribution in [0.1, 0.15) is 30.4 Å². The van der Waals surface area contributed by atoms with E-state index in [4.69, 9.17) is 0 Å². The maximum absolute atomic E-state index is 12.5. The van der Waals surface area contributed by atoms with Gasteiger partial charge >= 0.3 is 6.18 Å². The molecule has 0 saturated heterocycles. The van der Waals surface area contributed by atoms with Crippen LogP contribution in [-0.2, 0) is 25.7 Å². The molecule has 25 heavy (non-hydrogen) atoms. The maximum atomic E-state index is 12.5. The highest BCUT2D eigenvalue weighted by molar-refractivity contribution is 7.09. The molecule has 11 heteroatoms. The lowest BCUT2D eigenvalue weighted by molar-refractivity contribution is -0.140. The lowest BCUT2D eigenvalue weighted by Crippen LogP contribution is -2.38. The van der Waals surface area contributed by atoms with Crippen LogP contribution in [-0.4, -0.2) is 38.8 Å². The van der Waals surface area contributed by atoms with E-state index in [1.165, 1.54) is 0 Å². The van der Waals surface area contributed by atoms with E-state index in [2.05, 4.69) is 30.8 Å². The minimum Gasteiger partial charge on any atom is -0.357 e. The lowest BCUT2D eigenvalue weighted by Gasteiger charge is -2.10. The molecule has 7 nitrogen and oxygen atoms in total. The van der Waals surface area contributed by atoms with Crippen molar-refractivity contribution in [1.29, 1.82) is 0 Å². The molecule has 0 radical (unpaired) electrons. The third-order valence-electron chi connectivity index (χ3n) is 3.23. The molecule has 0 aliphatic heterocycles. The van der Waals surface area contributed by atoms with E-state index < -0.39 is 11.9 Å². The first kappa shape index (κ1) is 19.2. The van der Waals surface area contributed by atoms with Crippen molar-refractivity contribution in [2.24, 2.45) is 4.99 Å². The second kappa shape index (κ2) is 8.79. The fourth-order valence-corrected chi connectivity index (χ4v) is 2.81. The number of aliphatic imine (C=N–C) groups is 1. The highest BCUT2D eigenvalue weighted by atomic mass is 32.1. The number of hydrogen-bond acceptors (Lipinski definition) is 5. The number of aryl methyl sites for hydroxylation is 1. The average Bonchev–Trinajstić information content (AvgIpc) is 3.21. The van der Waals surface area contributed by atoms with Gasteiger partial charge in [0.2, 0.25) is 0 Å². The van der Waals surface area contributed by atoms with Crippen molar-refractivity contribution < 1.29 is 13.2 Å². The van der Waals surface area contributed by atoms with Gasteiger partial charge in [-0.3, -0.25) is 0 Å². The predicted octanol–water partition coefficient (Wildman–Crippen LogP) is 2.07. The van der Waals surface area contributed by atoms with Gasteiger partial charge in [0.15, 0.2) is 17.5 Å². The molecular weight excluding hydrogens is 355 g/mol. The second-order valence-electron chi connectivity index (χ2n) is 5.03. The number of nitrogens with zero attached hydrogens (tertiary/aromatic N) is 5. The van der Waals surface area contributed by atoms with Crippen molar-refractivity contribution in [2.45, 2.75) is 39.5 Å². The molecule has 0 spiro atoms. The number of thiazole rings is 1. The van der Waals surface area contributed by atoms with Gasteiger partial charge < -0.3 is 15.2 Å². The summed E-state index contributed by atoms with van der Waals surface area (Å²) in [4.78, 5) is 8.02. The van der Waals surface area contributed by atoms with Crippen molar-refractivity contribution in [3.05, 3.63) is 28.2 Å². The molecule has 0 saturated carbocycles. The minimum absolute atomic E-state index is 0.360. The Labute approximate surface area is 147 Å². The Morgan fingerprint density at radius 1 is 1.32 bits per heavy atom. The van der Waals surface area contributed by atoms with Crippen LogP contribution in [0.25, 0.3) is 0 Å². The number of guanidine groups is 1. The molecule has 2 aromatic heterocycles. The molecule has 0 aromatic carbocycles. The molecule has 0 bridgehead atoms. The van der Waals surface area contributed by atoms with Crippen LogP contribution in [0, 0.1) is 0 Å². The van der Waals surface area contributed by atoms with Crippen molar-refractivity contribution in [3.63, 3.8) is 0 Å². The van der Waals surface area contributed by atoms with Gasteiger partial charge in [-0.15, -0.1) is 21.5 Å². The highest BCUT2D eigenvalue weighted by Crippen LogP contribution is 2.29. The molecule has 138 valence electrons. The van der Waals surface area contributed by atoms with Crippen molar-refractivity contribution in [2.75, 3.05) is 13.1 Å². The van der Waals surface area contributed by atoms with Gasteiger partial charge in [-0.1, -0.05) is 0 Å². The zero-order valence-corrected chi connectivity index (χ0v) is 14.8. The molecular formula is C14H20F3N7S. The molecule has 0 unspecified atom stereocenters. The molecule has 0 fully saturated rings. The quantitative estimate of drug-likeness (QED) is 0.572. The van der Waals surface area contributed by atoms with E-state index in [-0.39, 0.29) is 0 Å². The fourth-order valence-electron chi connectivity index (χ4n) is 2.00. The average molecular weight is 375 g/mol. The summed E-state index contributed by atoms with van der Waals surface area (Å²) in [6.45, 7) is 6.14.